The predicted octanol–water partition coefficient (Wildman–Crippen LogP) is -3.20. The van der Waals surface area contributed by atoms with Crippen LogP contribution in [0.25, 0.3) is 0 Å². The lowest BCUT2D eigenvalue weighted by Crippen LogP contribution is -2.51. The van der Waals surface area contributed by atoms with Crippen LogP contribution in [0.3, 0.4) is 0 Å². The van der Waals surface area contributed by atoms with Gasteiger partial charge in [-0.3, -0.25) is 0 Å². The van der Waals surface area contributed by atoms with Crippen molar-refractivity contribution in [2.24, 2.45) is 11.8 Å². The molecule has 6 nitrogen and oxygen atoms in total. The highest BCUT2D eigenvalue weighted by Crippen LogP contribution is 2.43. The lowest BCUT2D eigenvalue weighted by Gasteiger charge is -2.39. The van der Waals surface area contributed by atoms with Crippen LogP contribution in [0.1, 0.15) is 6.42 Å². The highest BCUT2D eigenvalue weighted by Gasteiger charge is 2.58. The van der Waals surface area contributed by atoms with Crippen molar-refractivity contribution in [1.82, 2.24) is 0 Å². The molecule has 0 aromatic heterocycles. The normalized spacial score (nSPS) is 60.4. The fourth-order valence-electron chi connectivity index (χ4n) is 2.83. The lowest BCUT2D eigenvalue weighted by molar-refractivity contribution is -0.137. The first-order valence-corrected chi connectivity index (χ1v) is 5.03. The highest BCUT2D eigenvalue weighted by atomic mass is 16.4. The van der Waals surface area contributed by atoms with Crippen molar-refractivity contribution in [3.63, 3.8) is 0 Å². The Morgan fingerprint density at radius 1 is 0.533 bits per heavy atom. The van der Waals surface area contributed by atoms with Gasteiger partial charge < -0.3 is 30.6 Å². The smallest absolute Gasteiger partial charge is 0.106 e. The fourth-order valence-corrected chi connectivity index (χ4v) is 2.83. The minimum atomic E-state index is -1.38. The molecule has 0 aromatic carbocycles. The number of hydrogen-bond donors (Lipinski definition) is 6. The van der Waals surface area contributed by atoms with E-state index in [9.17, 15) is 30.6 Å². The Hall–Kier alpha value is -0.240. The molecule has 2 aliphatic rings. The van der Waals surface area contributed by atoms with Crippen LogP contribution in [0, 0.1) is 11.8 Å². The summed E-state index contributed by atoms with van der Waals surface area (Å²) in [6, 6.07) is 0. The van der Waals surface area contributed by atoms with Crippen LogP contribution in [0.2, 0.25) is 0 Å². The van der Waals surface area contributed by atoms with Gasteiger partial charge in [0.25, 0.3) is 0 Å². The van der Waals surface area contributed by atoms with Crippen LogP contribution in [0.4, 0.5) is 0 Å². The zero-order valence-electron chi connectivity index (χ0n) is 8.01. The maximum Gasteiger partial charge on any atom is 0.106 e. The monoisotopic (exact) mass is 220 g/mol. The molecular formula is C9H16O6. The lowest BCUT2D eigenvalue weighted by atomic mass is 9.75. The third-order valence-corrected chi connectivity index (χ3v) is 3.65. The molecule has 0 aromatic rings. The van der Waals surface area contributed by atoms with Crippen LogP contribution >= 0.6 is 0 Å². The van der Waals surface area contributed by atoms with Gasteiger partial charge in [0.15, 0.2) is 0 Å². The molecule has 15 heavy (non-hydrogen) atoms. The molecule has 6 N–H and O–H groups in total. The second kappa shape index (κ2) is 3.65. The summed E-state index contributed by atoms with van der Waals surface area (Å²) in [6.45, 7) is 0. The number of hydrogen-bond acceptors (Lipinski definition) is 6. The molecule has 0 spiro atoms. The zero-order valence-corrected chi connectivity index (χ0v) is 8.01. The standard InChI is InChI=1S/C9H16O6/c10-2-1-3(11)6(12)5-4(2)7(13)9(15)8(5)14/h2-15H,1H2/t2-,3-,4+,5-,6+,7-,8+,9+/m0/s1. The molecule has 0 bridgehead atoms. The molecule has 0 amide bonds. The molecule has 0 heterocycles. The zero-order chi connectivity index (χ0) is 11.3. The molecule has 0 aliphatic heterocycles. The first kappa shape index (κ1) is 11.3. The molecule has 2 saturated carbocycles. The Labute approximate surface area is 86.4 Å². The maximum absolute atomic E-state index is 9.63. The van der Waals surface area contributed by atoms with Gasteiger partial charge in [-0.1, -0.05) is 0 Å². The molecule has 8 atom stereocenters. The molecule has 88 valence electrons. The fraction of sp³-hybridized carbons (Fsp3) is 1.00. The van der Waals surface area contributed by atoms with Crippen LogP contribution in [0.5, 0.6) is 0 Å². The quantitative estimate of drug-likeness (QED) is 0.256. The third kappa shape index (κ3) is 1.49. The van der Waals surface area contributed by atoms with Gasteiger partial charge in [0, 0.05) is 18.3 Å². The Morgan fingerprint density at radius 2 is 1.07 bits per heavy atom. The summed E-state index contributed by atoms with van der Waals surface area (Å²) in [5, 5.41) is 57.2. The molecule has 2 fully saturated rings. The van der Waals surface area contributed by atoms with E-state index in [1.54, 1.807) is 0 Å². The van der Waals surface area contributed by atoms with Gasteiger partial charge in [-0.15, -0.1) is 0 Å². The van der Waals surface area contributed by atoms with Crippen molar-refractivity contribution in [2.75, 3.05) is 0 Å². The Kier molecular flexibility index (Phi) is 2.74. The van der Waals surface area contributed by atoms with Crippen LogP contribution < -0.4 is 0 Å². The summed E-state index contributed by atoms with van der Waals surface area (Å²) < 4.78 is 0. The SMILES string of the molecule is O[C@@H]1[C@@H](O)[C@H]2[C@H]([C@H]1O)[C@H](O)[C@@H](O)C[C@@H]2O. The first-order valence-electron chi connectivity index (χ1n) is 5.03. The first-order chi connectivity index (χ1) is 6.95. The van der Waals surface area contributed by atoms with Crippen LogP contribution in [-0.4, -0.2) is 67.3 Å². The van der Waals surface area contributed by atoms with E-state index in [2.05, 4.69) is 0 Å². The molecule has 6 heteroatoms. The summed E-state index contributed by atoms with van der Waals surface area (Å²) in [4.78, 5) is 0. The van der Waals surface area contributed by atoms with Crippen molar-refractivity contribution >= 4 is 0 Å². The van der Waals surface area contributed by atoms with E-state index in [4.69, 9.17) is 0 Å². The average Bonchev–Trinajstić information content (AvgIpc) is 2.40. The van der Waals surface area contributed by atoms with Gasteiger partial charge in [0.05, 0.1) is 30.5 Å². The summed E-state index contributed by atoms with van der Waals surface area (Å²) >= 11 is 0. The maximum atomic E-state index is 9.63. The molecule has 0 radical (unpaired) electrons. The number of rotatable bonds is 0. The van der Waals surface area contributed by atoms with Gasteiger partial charge in [-0.2, -0.15) is 0 Å². The van der Waals surface area contributed by atoms with Crippen molar-refractivity contribution in [3.8, 4) is 0 Å². The second-order valence-electron chi connectivity index (χ2n) is 4.49. The minimum Gasteiger partial charge on any atom is -0.393 e. The summed E-state index contributed by atoms with van der Waals surface area (Å²) in [7, 11) is 0. The van der Waals surface area contributed by atoms with Gasteiger partial charge in [-0.25, -0.2) is 0 Å². The molecular weight excluding hydrogens is 204 g/mol. The Bertz CT molecular complexity index is 243. The minimum absolute atomic E-state index is 0.0567. The van der Waals surface area contributed by atoms with Gasteiger partial charge in [-0.05, 0) is 0 Å². The highest BCUT2D eigenvalue weighted by molar-refractivity contribution is 5.07. The topological polar surface area (TPSA) is 121 Å². The largest absolute Gasteiger partial charge is 0.393 e. The van der Waals surface area contributed by atoms with E-state index >= 15 is 0 Å². The molecule has 0 unspecified atom stereocenters. The van der Waals surface area contributed by atoms with Crippen LogP contribution in [0.15, 0.2) is 0 Å². The molecule has 0 saturated heterocycles. The van der Waals surface area contributed by atoms with Crippen molar-refractivity contribution in [2.45, 2.75) is 43.0 Å². The number of aliphatic hydroxyl groups excluding tert-OH is 6. The van der Waals surface area contributed by atoms with Gasteiger partial charge in [0.2, 0.25) is 0 Å². The molecule has 2 rings (SSSR count). The Balaban J connectivity index is 2.28. The van der Waals surface area contributed by atoms with E-state index in [0.717, 1.165) is 0 Å². The van der Waals surface area contributed by atoms with Crippen molar-refractivity contribution in [1.29, 1.82) is 0 Å². The van der Waals surface area contributed by atoms with E-state index in [1.807, 2.05) is 0 Å². The van der Waals surface area contributed by atoms with E-state index in [1.165, 1.54) is 0 Å². The number of fused-ring (bicyclic) bond motifs is 1. The van der Waals surface area contributed by atoms with E-state index < -0.39 is 48.5 Å². The van der Waals surface area contributed by atoms with Crippen LogP contribution in [-0.2, 0) is 0 Å². The predicted molar refractivity (Wildman–Crippen MR) is 47.6 cm³/mol. The summed E-state index contributed by atoms with van der Waals surface area (Å²) in [5.41, 5.74) is 0. The van der Waals surface area contributed by atoms with Crippen molar-refractivity contribution < 1.29 is 30.6 Å². The van der Waals surface area contributed by atoms with E-state index in [-0.39, 0.29) is 6.42 Å². The van der Waals surface area contributed by atoms with E-state index in [0.29, 0.717) is 0 Å². The third-order valence-electron chi connectivity index (χ3n) is 3.65. The Morgan fingerprint density at radius 3 is 1.67 bits per heavy atom. The number of aliphatic hydroxyl groups is 6. The second-order valence-corrected chi connectivity index (χ2v) is 4.49. The van der Waals surface area contributed by atoms with Crippen molar-refractivity contribution in [3.05, 3.63) is 0 Å². The molecule has 2 aliphatic carbocycles. The summed E-state index contributed by atoms with van der Waals surface area (Å²) in [5.74, 6) is -1.66. The van der Waals surface area contributed by atoms with Gasteiger partial charge in [0.1, 0.15) is 6.10 Å². The van der Waals surface area contributed by atoms with Gasteiger partial charge >= 0.3 is 0 Å². The average molecular weight is 220 g/mol. The summed E-state index contributed by atoms with van der Waals surface area (Å²) in [6.07, 6.45) is -7.39.